The summed E-state index contributed by atoms with van der Waals surface area (Å²) in [7, 11) is 1.25. The number of hydrogen-bond acceptors (Lipinski definition) is 6. The molecule has 3 N–H and O–H groups in total. The number of morpholine rings is 1. The minimum atomic E-state index is -0.621. The SMILES string of the molecule is C#C.C#C.CCc1ccccc1NC(=O)CNC(=O)OC.Clc1ccc(SC[C@@H]2CNCCO2)c(Cl)c1.c1ccc(Cc2ccccc2)cc1. The zero-order chi connectivity index (χ0) is 37.0. The Morgan fingerprint density at radius 2 is 1.50 bits per heavy atom. The standard InChI is InChI=1S/C13H12.C12H16N2O3.C11H13Cl2NOS.2C2H2/c1-3-7-12(8-4-1)11-13-9-5-2-6-10-13;1-3-9-6-4-5-7-10(9)14-11(15)8-13-12(16)17-2;12-8-1-2-11(10(13)5-8)16-7-9-6-14-3-4-15-9;2*1-2/h1-10H,11H2;4-7H,3,8H2,1-2H3,(H,13,16)(H,14,15);1-2,5,9,14H,3-4,6-7H2;2*1-2H/t;;9-;;/m..0../s1. The normalized spacial score (nSPS) is 12.6. The van der Waals surface area contributed by atoms with Crippen LogP contribution in [0, 0.1) is 25.7 Å². The molecule has 1 heterocycles. The van der Waals surface area contributed by atoms with Gasteiger partial charge in [0.2, 0.25) is 5.91 Å². The van der Waals surface area contributed by atoms with Gasteiger partial charge in [0.15, 0.2) is 0 Å². The van der Waals surface area contributed by atoms with Gasteiger partial charge in [0.1, 0.15) is 6.54 Å². The summed E-state index contributed by atoms with van der Waals surface area (Å²) in [5.74, 6) is 0.630. The highest BCUT2D eigenvalue weighted by Crippen LogP contribution is 2.30. The second-order valence-electron chi connectivity index (χ2n) is 10.1. The Kier molecular flexibility index (Phi) is 23.9. The van der Waals surface area contributed by atoms with E-state index in [1.165, 1.54) is 18.2 Å². The molecular formula is C40H45Cl2N3O4S. The Morgan fingerprint density at radius 1 is 0.900 bits per heavy atom. The molecule has 1 fully saturated rings. The molecule has 0 radical (unpaired) electrons. The van der Waals surface area contributed by atoms with Crippen molar-refractivity contribution in [3.8, 4) is 25.7 Å². The van der Waals surface area contributed by atoms with Crippen molar-refractivity contribution in [3.05, 3.63) is 130 Å². The number of carbonyl (C=O) groups is 2. The van der Waals surface area contributed by atoms with Gasteiger partial charge in [-0.15, -0.1) is 37.5 Å². The van der Waals surface area contributed by atoms with Gasteiger partial charge in [-0.05, 0) is 53.8 Å². The van der Waals surface area contributed by atoms with E-state index in [0.29, 0.717) is 10.0 Å². The second kappa shape index (κ2) is 27.4. The van der Waals surface area contributed by atoms with Crippen molar-refractivity contribution in [3.63, 3.8) is 0 Å². The summed E-state index contributed by atoms with van der Waals surface area (Å²) in [5.41, 5.74) is 4.56. The summed E-state index contributed by atoms with van der Waals surface area (Å²) in [4.78, 5) is 23.4. The molecule has 264 valence electrons. The zero-order valence-electron chi connectivity index (χ0n) is 28.4. The van der Waals surface area contributed by atoms with Gasteiger partial charge in [-0.2, -0.15) is 0 Å². The maximum atomic E-state index is 11.5. The number of thioether (sulfide) groups is 1. The summed E-state index contributed by atoms with van der Waals surface area (Å²) in [6.45, 7) is 4.56. The van der Waals surface area contributed by atoms with Crippen molar-refractivity contribution in [2.45, 2.75) is 30.8 Å². The molecule has 1 aliphatic rings. The molecule has 0 spiro atoms. The van der Waals surface area contributed by atoms with Gasteiger partial charge in [-0.25, -0.2) is 4.79 Å². The number of para-hydroxylation sites is 1. The fraction of sp³-hybridized carbons (Fsp3) is 0.250. The van der Waals surface area contributed by atoms with Crippen molar-refractivity contribution < 1.29 is 19.1 Å². The van der Waals surface area contributed by atoms with Crippen molar-refractivity contribution in [1.29, 1.82) is 0 Å². The Balaban J connectivity index is 0.000000359. The number of rotatable bonds is 9. The first kappa shape index (κ1) is 43.6. The van der Waals surface area contributed by atoms with E-state index in [1.807, 2.05) is 43.3 Å². The molecule has 1 saturated heterocycles. The first-order valence-corrected chi connectivity index (χ1v) is 17.5. The van der Waals surface area contributed by atoms with Crippen LogP contribution in [-0.2, 0) is 27.1 Å². The Morgan fingerprint density at radius 3 is 2.04 bits per heavy atom. The van der Waals surface area contributed by atoms with Gasteiger partial charge >= 0.3 is 6.09 Å². The number of alkyl carbamates (subject to hydrolysis) is 1. The molecule has 1 atom stereocenters. The van der Waals surface area contributed by atoms with Crippen LogP contribution in [0.2, 0.25) is 10.0 Å². The molecule has 50 heavy (non-hydrogen) atoms. The van der Waals surface area contributed by atoms with Crippen molar-refractivity contribution in [1.82, 2.24) is 10.6 Å². The molecule has 0 aliphatic carbocycles. The van der Waals surface area contributed by atoms with Crippen LogP contribution in [0.1, 0.15) is 23.6 Å². The molecule has 2 amide bonds. The van der Waals surface area contributed by atoms with E-state index < -0.39 is 6.09 Å². The van der Waals surface area contributed by atoms with E-state index in [2.05, 4.69) is 107 Å². The molecule has 4 aromatic rings. The fourth-order valence-electron chi connectivity index (χ4n) is 4.30. The van der Waals surface area contributed by atoms with Gasteiger partial charge in [-0.1, -0.05) is 109 Å². The summed E-state index contributed by atoms with van der Waals surface area (Å²) in [5, 5.41) is 9.73. The molecule has 10 heteroatoms. The average molecular weight is 735 g/mol. The highest BCUT2D eigenvalue weighted by molar-refractivity contribution is 7.99. The molecule has 0 unspecified atom stereocenters. The predicted molar refractivity (Wildman–Crippen MR) is 210 cm³/mol. The quantitative estimate of drug-likeness (QED) is 0.118. The van der Waals surface area contributed by atoms with E-state index in [-0.39, 0.29) is 18.6 Å². The Hall–Kier alpha value is -4.41. The largest absolute Gasteiger partial charge is 0.453 e. The third-order valence-corrected chi connectivity index (χ3v) is 8.53. The van der Waals surface area contributed by atoms with Gasteiger partial charge in [0, 0.05) is 34.4 Å². The van der Waals surface area contributed by atoms with Gasteiger partial charge < -0.3 is 25.4 Å². The smallest absolute Gasteiger partial charge is 0.407 e. The number of carbonyl (C=O) groups excluding carboxylic acids is 2. The number of benzene rings is 4. The third kappa shape index (κ3) is 18.4. The number of halogens is 2. The monoisotopic (exact) mass is 733 g/mol. The van der Waals surface area contributed by atoms with Crippen LogP contribution in [0.25, 0.3) is 0 Å². The number of ether oxygens (including phenoxy) is 2. The minimum Gasteiger partial charge on any atom is -0.453 e. The van der Waals surface area contributed by atoms with E-state index in [9.17, 15) is 9.59 Å². The maximum Gasteiger partial charge on any atom is 0.407 e. The van der Waals surface area contributed by atoms with Crippen LogP contribution in [0.15, 0.2) is 108 Å². The molecule has 7 nitrogen and oxygen atoms in total. The summed E-state index contributed by atoms with van der Waals surface area (Å²) >= 11 is 13.6. The van der Waals surface area contributed by atoms with Crippen LogP contribution in [-0.4, -0.2) is 57.2 Å². The number of methoxy groups -OCH3 is 1. The van der Waals surface area contributed by atoms with E-state index in [0.717, 1.165) is 54.4 Å². The van der Waals surface area contributed by atoms with Crippen molar-refractivity contribution in [2.75, 3.05) is 44.4 Å². The first-order valence-electron chi connectivity index (χ1n) is 15.7. The number of anilines is 1. The van der Waals surface area contributed by atoms with E-state index in [1.54, 1.807) is 17.8 Å². The van der Waals surface area contributed by atoms with Gasteiger partial charge in [0.05, 0.1) is 24.8 Å². The molecule has 1 aliphatic heterocycles. The summed E-state index contributed by atoms with van der Waals surface area (Å²) in [6, 6.07) is 34.2. The topological polar surface area (TPSA) is 88.7 Å². The number of amides is 2. The first-order chi connectivity index (χ1) is 24.4. The van der Waals surface area contributed by atoms with E-state index in [4.69, 9.17) is 27.9 Å². The number of terminal acetylenes is 2. The van der Waals surface area contributed by atoms with Crippen molar-refractivity contribution in [2.24, 2.45) is 0 Å². The van der Waals surface area contributed by atoms with Crippen LogP contribution in [0.5, 0.6) is 0 Å². The summed E-state index contributed by atoms with van der Waals surface area (Å²) < 4.78 is 9.98. The summed E-state index contributed by atoms with van der Waals surface area (Å²) in [6.07, 6.45) is 17.5. The molecule has 5 rings (SSSR count). The molecule has 4 aromatic carbocycles. The number of aryl methyl sites for hydroxylation is 1. The lowest BCUT2D eigenvalue weighted by molar-refractivity contribution is -0.115. The highest BCUT2D eigenvalue weighted by Gasteiger charge is 2.14. The Bertz CT molecular complexity index is 1520. The lowest BCUT2D eigenvalue weighted by atomic mass is 10.1. The zero-order valence-corrected chi connectivity index (χ0v) is 30.8. The minimum absolute atomic E-state index is 0.106. The molecule has 0 bridgehead atoms. The number of hydrogen-bond donors (Lipinski definition) is 3. The fourth-order valence-corrected chi connectivity index (χ4v) is 5.81. The van der Waals surface area contributed by atoms with Crippen LogP contribution < -0.4 is 16.0 Å². The molecular weight excluding hydrogens is 689 g/mol. The number of nitrogens with one attached hydrogen (secondary N) is 3. The van der Waals surface area contributed by atoms with Crippen LogP contribution >= 0.6 is 35.0 Å². The third-order valence-electron chi connectivity index (χ3n) is 6.67. The van der Waals surface area contributed by atoms with Crippen molar-refractivity contribution >= 4 is 52.7 Å². The van der Waals surface area contributed by atoms with E-state index >= 15 is 0 Å². The average Bonchev–Trinajstić information content (AvgIpc) is 3.17. The van der Waals surface area contributed by atoms with Gasteiger partial charge in [-0.3, -0.25) is 4.79 Å². The lowest BCUT2D eigenvalue weighted by Crippen LogP contribution is -2.39. The van der Waals surface area contributed by atoms with Gasteiger partial charge in [0.25, 0.3) is 0 Å². The highest BCUT2D eigenvalue weighted by atomic mass is 35.5. The maximum absolute atomic E-state index is 11.5. The van der Waals surface area contributed by atoms with Crippen LogP contribution in [0.3, 0.4) is 0 Å². The predicted octanol–water partition coefficient (Wildman–Crippen LogP) is 8.39. The second-order valence-corrected chi connectivity index (χ2v) is 12.0. The molecule has 0 aromatic heterocycles. The Labute approximate surface area is 311 Å². The lowest BCUT2D eigenvalue weighted by Gasteiger charge is -2.23. The van der Waals surface area contributed by atoms with Crippen LogP contribution in [0.4, 0.5) is 10.5 Å². The molecule has 0 saturated carbocycles.